The molecule has 0 atom stereocenters. The predicted molar refractivity (Wildman–Crippen MR) is 132 cm³/mol. The van der Waals surface area contributed by atoms with Gasteiger partial charge in [0.2, 0.25) is 5.88 Å². The first kappa shape index (κ1) is 26.0. The molecule has 0 N–H and O–H groups in total. The molecule has 36 heavy (non-hydrogen) atoms. The Labute approximate surface area is 206 Å². The molecular weight excluding hydrogens is 468 g/mol. The first-order valence-electron chi connectivity index (χ1n) is 11.3. The minimum Gasteiger partial charge on any atom is -0.476 e. The molecule has 0 saturated carbocycles. The molecule has 4 rings (SSSR count). The first-order valence-corrected chi connectivity index (χ1v) is 11.3. The van der Waals surface area contributed by atoms with Gasteiger partial charge in [0.1, 0.15) is 0 Å². The lowest BCUT2D eigenvalue weighted by Crippen LogP contribution is -2.08. The molecule has 0 aliphatic carbocycles. The molecule has 4 aromatic rings. The third-order valence-corrected chi connectivity index (χ3v) is 5.05. The number of rotatable bonds is 10. The van der Waals surface area contributed by atoms with E-state index in [0.29, 0.717) is 24.0 Å². The van der Waals surface area contributed by atoms with Crippen molar-refractivity contribution >= 4 is 22.5 Å². The normalized spacial score (nSPS) is 10.4. The van der Waals surface area contributed by atoms with Crippen LogP contribution in [0, 0.1) is 20.2 Å². The van der Waals surface area contributed by atoms with Gasteiger partial charge in [-0.05, 0) is 11.1 Å². The Morgan fingerprint density at radius 2 is 1.31 bits per heavy atom. The number of ether oxygens (including phenoxy) is 2. The summed E-state index contributed by atoms with van der Waals surface area (Å²) in [4.78, 5) is 33.7. The summed E-state index contributed by atoms with van der Waals surface area (Å²) in [6.45, 7) is 4.55. The van der Waals surface area contributed by atoms with Gasteiger partial charge in [-0.25, -0.2) is 4.98 Å². The van der Waals surface area contributed by atoms with E-state index in [-0.39, 0.29) is 36.5 Å². The molecular formula is C24H26N6O6. The van der Waals surface area contributed by atoms with Crippen molar-refractivity contribution in [3.8, 4) is 11.9 Å². The number of imidazole rings is 1. The van der Waals surface area contributed by atoms with Crippen LogP contribution < -0.4 is 9.47 Å². The zero-order valence-electron chi connectivity index (χ0n) is 20.2. The Bertz CT molecular complexity index is 1320. The number of nitro groups is 2. The van der Waals surface area contributed by atoms with Crippen LogP contribution in [0.4, 0.5) is 11.4 Å². The molecule has 0 aliphatic rings. The highest BCUT2D eigenvalue weighted by atomic mass is 16.6. The summed E-state index contributed by atoms with van der Waals surface area (Å²) in [6.07, 6.45) is 2.64. The van der Waals surface area contributed by atoms with Crippen LogP contribution in [0.25, 0.3) is 11.2 Å². The SMILES string of the molecule is CC.Cn1cnc2c(OCCc3ccc([N+](=O)[O-])cc3)nc(OCCc3ccc([N+](=O)[O-])cc3)nc21. The van der Waals surface area contributed by atoms with Crippen molar-refractivity contribution < 1.29 is 19.3 Å². The van der Waals surface area contributed by atoms with Gasteiger partial charge in [-0.15, -0.1) is 0 Å². The minimum atomic E-state index is -0.444. The van der Waals surface area contributed by atoms with Crippen LogP contribution >= 0.6 is 0 Å². The molecule has 0 unspecified atom stereocenters. The van der Waals surface area contributed by atoms with Crippen molar-refractivity contribution in [2.24, 2.45) is 7.05 Å². The van der Waals surface area contributed by atoms with Gasteiger partial charge in [-0.1, -0.05) is 38.1 Å². The predicted octanol–water partition coefficient (Wildman–Crippen LogP) is 4.45. The van der Waals surface area contributed by atoms with E-state index in [9.17, 15) is 20.2 Å². The topological polar surface area (TPSA) is 148 Å². The van der Waals surface area contributed by atoms with Crippen LogP contribution in [0.3, 0.4) is 0 Å². The van der Waals surface area contributed by atoms with E-state index in [0.717, 1.165) is 11.1 Å². The Kier molecular flexibility index (Phi) is 8.81. The molecule has 2 heterocycles. The second-order valence-corrected chi connectivity index (χ2v) is 7.38. The Morgan fingerprint density at radius 1 is 0.806 bits per heavy atom. The first-order chi connectivity index (χ1) is 17.4. The molecule has 12 nitrogen and oxygen atoms in total. The Hall–Kier alpha value is -4.61. The van der Waals surface area contributed by atoms with Gasteiger partial charge in [-0.3, -0.25) is 20.2 Å². The highest BCUT2D eigenvalue weighted by Crippen LogP contribution is 2.24. The summed E-state index contributed by atoms with van der Waals surface area (Å²) >= 11 is 0. The quantitative estimate of drug-likeness (QED) is 0.230. The number of nitro benzene ring substituents is 2. The third-order valence-electron chi connectivity index (χ3n) is 5.05. The number of fused-ring (bicyclic) bond motifs is 1. The lowest BCUT2D eigenvalue weighted by Gasteiger charge is -2.09. The number of aromatic nitrogens is 4. The van der Waals surface area contributed by atoms with Gasteiger partial charge in [-0.2, -0.15) is 9.97 Å². The molecule has 188 valence electrons. The fourth-order valence-electron chi connectivity index (χ4n) is 3.22. The number of nitrogens with zero attached hydrogens (tertiary/aromatic N) is 6. The van der Waals surface area contributed by atoms with Crippen molar-refractivity contribution in [2.75, 3.05) is 13.2 Å². The second-order valence-electron chi connectivity index (χ2n) is 7.38. The summed E-state index contributed by atoms with van der Waals surface area (Å²) in [6, 6.07) is 12.7. The number of non-ortho nitro benzene ring substituents is 2. The lowest BCUT2D eigenvalue weighted by molar-refractivity contribution is -0.385. The largest absolute Gasteiger partial charge is 0.476 e. The standard InChI is InChI=1S/C22H20N6O6.C2H6/c1-26-14-23-19-20(26)24-22(34-13-11-16-4-8-18(9-5-16)28(31)32)25-21(19)33-12-10-15-2-6-17(7-3-15)27(29)30;1-2/h2-9,14H,10-13H2,1H3;1-2H3. The molecule has 0 amide bonds. The Morgan fingerprint density at radius 3 is 1.81 bits per heavy atom. The van der Waals surface area contributed by atoms with Crippen molar-refractivity contribution in [3.05, 3.63) is 86.2 Å². The van der Waals surface area contributed by atoms with E-state index in [1.165, 1.54) is 24.3 Å². The molecule has 0 spiro atoms. The van der Waals surface area contributed by atoms with Crippen LogP contribution in [0.5, 0.6) is 11.9 Å². The molecule has 2 aromatic carbocycles. The van der Waals surface area contributed by atoms with E-state index >= 15 is 0 Å². The van der Waals surface area contributed by atoms with Crippen LogP contribution in [-0.4, -0.2) is 42.6 Å². The summed E-state index contributed by atoms with van der Waals surface area (Å²) in [5.41, 5.74) is 2.87. The number of hydrogen-bond acceptors (Lipinski definition) is 9. The van der Waals surface area contributed by atoms with Gasteiger partial charge >= 0.3 is 6.01 Å². The lowest BCUT2D eigenvalue weighted by atomic mass is 10.1. The molecule has 2 aromatic heterocycles. The minimum absolute atomic E-state index is 0.0326. The molecule has 0 bridgehead atoms. The molecule has 0 fully saturated rings. The number of hydrogen-bond donors (Lipinski definition) is 0. The highest BCUT2D eigenvalue weighted by molar-refractivity contribution is 5.76. The van der Waals surface area contributed by atoms with Crippen LogP contribution in [-0.2, 0) is 19.9 Å². The fourth-order valence-corrected chi connectivity index (χ4v) is 3.22. The average molecular weight is 495 g/mol. The van der Waals surface area contributed by atoms with Crippen molar-refractivity contribution in [1.82, 2.24) is 19.5 Å². The summed E-state index contributed by atoms with van der Waals surface area (Å²) in [5, 5.41) is 21.6. The van der Waals surface area contributed by atoms with Gasteiger partial charge in [0.25, 0.3) is 11.4 Å². The average Bonchev–Trinajstić information content (AvgIpc) is 3.26. The van der Waals surface area contributed by atoms with E-state index < -0.39 is 9.85 Å². The maximum Gasteiger partial charge on any atom is 0.321 e. The van der Waals surface area contributed by atoms with E-state index in [2.05, 4.69) is 15.0 Å². The van der Waals surface area contributed by atoms with Gasteiger partial charge in [0, 0.05) is 44.2 Å². The fraction of sp³-hybridized carbons (Fsp3) is 0.292. The maximum atomic E-state index is 10.8. The van der Waals surface area contributed by atoms with Crippen LogP contribution in [0.1, 0.15) is 25.0 Å². The van der Waals surface area contributed by atoms with E-state index in [4.69, 9.17) is 9.47 Å². The summed E-state index contributed by atoms with van der Waals surface area (Å²) in [7, 11) is 1.80. The molecule has 0 saturated heterocycles. The Balaban J connectivity index is 0.00000176. The van der Waals surface area contributed by atoms with Crippen molar-refractivity contribution in [1.29, 1.82) is 0 Å². The molecule has 12 heteroatoms. The van der Waals surface area contributed by atoms with Gasteiger partial charge < -0.3 is 14.0 Å². The third kappa shape index (κ3) is 6.50. The van der Waals surface area contributed by atoms with Crippen molar-refractivity contribution in [2.45, 2.75) is 26.7 Å². The molecule has 0 aliphatic heterocycles. The summed E-state index contributed by atoms with van der Waals surface area (Å²) in [5.74, 6) is 0.276. The smallest absolute Gasteiger partial charge is 0.321 e. The van der Waals surface area contributed by atoms with Crippen molar-refractivity contribution in [3.63, 3.8) is 0 Å². The number of benzene rings is 2. The monoisotopic (exact) mass is 494 g/mol. The summed E-state index contributed by atoms with van der Waals surface area (Å²) < 4.78 is 13.3. The zero-order valence-corrected chi connectivity index (χ0v) is 20.2. The van der Waals surface area contributed by atoms with Gasteiger partial charge in [0.05, 0.1) is 29.4 Å². The maximum absolute atomic E-state index is 10.8. The van der Waals surface area contributed by atoms with E-state index in [1.54, 1.807) is 42.2 Å². The van der Waals surface area contributed by atoms with E-state index in [1.807, 2.05) is 13.8 Å². The molecule has 0 radical (unpaired) electrons. The highest BCUT2D eigenvalue weighted by Gasteiger charge is 2.15. The second kappa shape index (κ2) is 12.2. The van der Waals surface area contributed by atoms with Gasteiger partial charge in [0.15, 0.2) is 11.2 Å². The van der Waals surface area contributed by atoms with Crippen LogP contribution in [0.2, 0.25) is 0 Å². The number of aryl methyl sites for hydroxylation is 1. The van der Waals surface area contributed by atoms with Crippen LogP contribution in [0.15, 0.2) is 54.9 Å². The zero-order chi connectivity index (χ0) is 26.1.